The molecule has 0 aromatic carbocycles. The van der Waals surface area contributed by atoms with Crippen LogP contribution in [0, 0.1) is 0 Å². The first kappa shape index (κ1) is 13.0. The topological polar surface area (TPSA) is 96.3 Å². The van der Waals surface area contributed by atoms with E-state index in [1.165, 1.54) is 0 Å². The minimum Gasteiger partial charge on any atom is -0.480 e. The van der Waals surface area contributed by atoms with Crippen LogP contribution in [0.25, 0.3) is 0 Å². The Bertz CT molecular complexity index is 402. The molecule has 1 rings (SSSR count). The zero-order valence-corrected chi connectivity index (χ0v) is 9.80. The number of carbonyl (C=O) groups is 2. The Morgan fingerprint density at radius 3 is 2.76 bits per heavy atom. The molecule has 0 bridgehead atoms. The summed E-state index contributed by atoms with van der Waals surface area (Å²) in [6.07, 6.45) is 1.97. The van der Waals surface area contributed by atoms with Crippen molar-refractivity contribution < 1.29 is 14.7 Å². The van der Waals surface area contributed by atoms with Crippen LogP contribution in [0.3, 0.4) is 0 Å². The highest BCUT2D eigenvalue weighted by Crippen LogP contribution is 1.95. The number of hydrogen-bond acceptors (Lipinski definition) is 3. The highest BCUT2D eigenvalue weighted by molar-refractivity contribution is 5.82. The Labute approximate surface area is 98.8 Å². The lowest BCUT2D eigenvalue weighted by atomic mass is 10.2. The van der Waals surface area contributed by atoms with Crippen molar-refractivity contribution in [3.63, 3.8) is 0 Å². The Morgan fingerprint density at radius 2 is 2.29 bits per heavy atom. The zero-order chi connectivity index (χ0) is 12.8. The van der Waals surface area contributed by atoms with Crippen molar-refractivity contribution in [1.82, 2.24) is 20.4 Å². The number of nitrogens with one attached hydrogen (secondary N) is 2. The van der Waals surface area contributed by atoms with Gasteiger partial charge in [-0.05, 0) is 12.5 Å². The molecule has 0 aliphatic carbocycles. The smallest absolute Gasteiger partial charge is 0.326 e. The summed E-state index contributed by atoms with van der Waals surface area (Å²) in [5.41, 5.74) is 0.837. The van der Waals surface area contributed by atoms with Crippen molar-refractivity contribution >= 4 is 12.0 Å². The van der Waals surface area contributed by atoms with Gasteiger partial charge in [0.1, 0.15) is 6.04 Å². The van der Waals surface area contributed by atoms with Gasteiger partial charge in [-0.1, -0.05) is 6.92 Å². The molecule has 7 heteroatoms. The molecule has 0 aliphatic rings. The number of carboxylic acids is 1. The van der Waals surface area contributed by atoms with E-state index in [4.69, 9.17) is 5.11 Å². The largest absolute Gasteiger partial charge is 0.480 e. The van der Waals surface area contributed by atoms with Crippen molar-refractivity contribution in [3.05, 3.63) is 18.0 Å². The molecule has 17 heavy (non-hydrogen) atoms. The van der Waals surface area contributed by atoms with Gasteiger partial charge in [-0.15, -0.1) is 0 Å². The number of aryl methyl sites for hydroxylation is 1. The van der Waals surface area contributed by atoms with Gasteiger partial charge in [-0.3, -0.25) is 4.68 Å². The van der Waals surface area contributed by atoms with Crippen LogP contribution in [-0.4, -0.2) is 32.9 Å². The van der Waals surface area contributed by atoms with E-state index >= 15 is 0 Å². The number of hydrogen-bond donors (Lipinski definition) is 3. The predicted molar refractivity (Wildman–Crippen MR) is 60.3 cm³/mol. The first-order valence-corrected chi connectivity index (χ1v) is 5.28. The normalized spacial score (nSPS) is 11.9. The summed E-state index contributed by atoms with van der Waals surface area (Å²) < 4.78 is 1.63. The molecule has 1 heterocycles. The van der Waals surface area contributed by atoms with Crippen LogP contribution in [0.5, 0.6) is 0 Å². The van der Waals surface area contributed by atoms with Gasteiger partial charge in [0, 0.05) is 13.2 Å². The van der Waals surface area contributed by atoms with E-state index in [0.29, 0.717) is 13.0 Å². The number of amides is 2. The predicted octanol–water partition coefficient (Wildman–Crippen LogP) is 0.0825. The lowest BCUT2D eigenvalue weighted by Crippen LogP contribution is -2.45. The van der Waals surface area contributed by atoms with Crippen LogP contribution in [0.2, 0.25) is 0 Å². The molecule has 7 nitrogen and oxygen atoms in total. The average molecular weight is 240 g/mol. The number of urea groups is 1. The third-order valence-corrected chi connectivity index (χ3v) is 2.36. The van der Waals surface area contributed by atoms with Gasteiger partial charge < -0.3 is 15.7 Å². The van der Waals surface area contributed by atoms with Crippen LogP contribution in [0.15, 0.2) is 12.3 Å². The summed E-state index contributed by atoms with van der Waals surface area (Å²) in [5, 5.41) is 17.7. The minimum absolute atomic E-state index is 0.304. The van der Waals surface area contributed by atoms with Crippen LogP contribution in [0.4, 0.5) is 4.79 Å². The van der Waals surface area contributed by atoms with Gasteiger partial charge in [0.15, 0.2) is 0 Å². The summed E-state index contributed by atoms with van der Waals surface area (Å²) in [5.74, 6) is -1.04. The summed E-state index contributed by atoms with van der Waals surface area (Å²) in [6, 6.07) is 0.413. The van der Waals surface area contributed by atoms with Crippen LogP contribution in [0.1, 0.15) is 19.0 Å². The number of aromatic nitrogens is 2. The summed E-state index contributed by atoms with van der Waals surface area (Å²) >= 11 is 0. The third kappa shape index (κ3) is 3.78. The Kier molecular flexibility index (Phi) is 4.50. The SMILES string of the molecule is CC[C@@H](NC(=O)NCc1ccnn1C)C(=O)O. The van der Waals surface area contributed by atoms with E-state index in [0.717, 1.165) is 5.69 Å². The molecule has 1 atom stereocenters. The van der Waals surface area contributed by atoms with Gasteiger partial charge in [-0.2, -0.15) is 5.10 Å². The molecule has 0 radical (unpaired) electrons. The molecule has 3 N–H and O–H groups in total. The van der Waals surface area contributed by atoms with E-state index in [2.05, 4.69) is 15.7 Å². The van der Waals surface area contributed by atoms with E-state index in [1.54, 1.807) is 30.9 Å². The Balaban J connectivity index is 2.40. The zero-order valence-electron chi connectivity index (χ0n) is 9.80. The highest BCUT2D eigenvalue weighted by atomic mass is 16.4. The third-order valence-electron chi connectivity index (χ3n) is 2.36. The molecule has 1 aromatic rings. The fraction of sp³-hybridized carbons (Fsp3) is 0.500. The number of carbonyl (C=O) groups excluding carboxylic acids is 1. The first-order valence-electron chi connectivity index (χ1n) is 5.28. The van der Waals surface area contributed by atoms with Gasteiger partial charge >= 0.3 is 12.0 Å². The lowest BCUT2D eigenvalue weighted by molar-refractivity contribution is -0.139. The fourth-order valence-corrected chi connectivity index (χ4v) is 1.29. The molecule has 0 saturated carbocycles. The maximum absolute atomic E-state index is 11.4. The quantitative estimate of drug-likeness (QED) is 0.679. The average Bonchev–Trinajstić information content (AvgIpc) is 2.68. The number of rotatable bonds is 5. The highest BCUT2D eigenvalue weighted by Gasteiger charge is 2.17. The molecule has 0 saturated heterocycles. The number of nitrogens with zero attached hydrogens (tertiary/aromatic N) is 2. The van der Waals surface area contributed by atoms with Gasteiger partial charge in [0.2, 0.25) is 0 Å². The van der Waals surface area contributed by atoms with Crippen LogP contribution in [-0.2, 0) is 18.4 Å². The molecular weight excluding hydrogens is 224 g/mol. The second kappa shape index (κ2) is 5.88. The molecule has 94 valence electrons. The summed E-state index contributed by atoms with van der Waals surface area (Å²) in [4.78, 5) is 22.1. The Hall–Kier alpha value is -2.05. The van der Waals surface area contributed by atoms with Gasteiger partial charge in [0.25, 0.3) is 0 Å². The minimum atomic E-state index is -1.04. The maximum Gasteiger partial charge on any atom is 0.326 e. The molecular formula is C10H16N4O3. The standard InChI is InChI=1S/C10H16N4O3/c1-3-8(9(15)16)13-10(17)11-6-7-4-5-12-14(7)2/h4-5,8H,3,6H2,1-2H3,(H,15,16)(H2,11,13,17)/t8-/m1/s1. The van der Waals surface area contributed by atoms with Crippen molar-refractivity contribution in [2.45, 2.75) is 25.9 Å². The van der Waals surface area contributed by atoms with E-state index in [1.807, 2.05) is 0 Å². The maximum atomic E-state index is 11.4. The molecule has 0 unspecified atom stereocenters. The van der Waals surface area contributed by atoms with Crippen molar-refractivity contribution in [2.75, 3.05) is 0 Å². The lowest BCUT2D eigenvalue weighted by Gasteiger charge is -2.13. The second-order valence-electron chi connectivity index (χ2n) is 3.57. The molecule has 2 amide bonds. The van der Waals surface area contributed by atoms with E-state index in [9.17, 15) is 9.59 Å². The summed E-state index contributed by atoms with van der Waals surface area (Å²) in [6.45, 7) is 2.00. The Morgan fingerprint density at radius 1 is 1.59 bits per heavy atom. The number of carboxylic acid groups (broad SMARTS) is 1. The number of aliphatic carboxylic acids is 1. The summed E-state index contributed by atoms with van der Waals surface area (Å²) in [7, 11) is 1.76. The first-order chi connectivity index (χ1) is 8.04. The second-order valence-corrected chi connectivity index (χ2v) is 3.57. The fourth-order valence-electron chi connectivity index (χ4n) is 1.29. The van der Waals surface area contributed by atoms with E-state index in [-0.39, 0.29) is 0 Å². The molecule has 0 spiro atoms. The molecule has 1 aromatic heterocycles. The van der Waals surface area contributed by atoms with Gasteiger partial charge in [0.05, 0.1) is 12.2 Å². The van der Waals surface area contributed by atoms with Crippen molar-refractivity contribution in [3.8, 4) is 0 Å². The van der Waals surface area contributed by atoms with Crippen LogP contribution < -0.4 is 10.6 Å². The van der Waals surface area contributed by atoms with E-state index < -0.39 is 18.0 Å². The van der Waals surface area contributed by atoms with Gasteiger partial charge in [-0.25, -0.2) is 9.59 Å². The van der Waals surface area contributed by atoms with Crippen molar-refractivity contribution in [1.29, 1.82) is 0 Å². The van der Waals surface area contributed by atoms with Crippen molar-refractivity contribution in [2.24, 2.45) is 7.05 Å². The monoisotopic (exact) mass is 240 g/mol. The molecule has 0 aliphatic heterocycles. The van der Waals surface area contributed by atoms with Crippen LogP contribution >= 0.6 is 0 Å². The molecule has 0 fully saturated rings.